The van der Waals surface area contributed by atoms with Crippen LogP contribution in [0.5, 0.6) is 5.75 Å². The van der Waals surface area contributed by atoms with Crippen molar-refractivity contribution in [1.29, 1.82) is 0 Å². The second-order valence-electron chi connectivity index (χ2n) is 3.86. The molecule has 1 aromatic heterocycles. The molecule has 0 atom stereocenters. The first-order valence-corrected chi connectivity index (χ1v) is 6.28. The molecule has 4 heteroatoms. The predicted molar refractivity (Wildman–Crippen MR) is 75.0 cm³/mol. The Kier molecular flexibility index (Phi) is 2.78. The van der Waals surface area contributed by atoms with E-state index in [9.17, 15) is 5.11 Å². The molecule has 1 N–H and O–H groups in total. The van der Waals surface area contributed by atoms with Gasteiger partial charge in [-0.3, -0.25) is 0 Å². The van der Waals surface area contributed by atoms with Crippen molar-refractivity contribution in [3.05, 3.63) is 54.1 Å². The van der Waals surface area contributed by atoms with Crippen molar-refractivity contribution in [3.63, 3.8) is 0 Å². The highest BCUT2D eigenvalue weighted by Gasteiger charge is 2.02. The molecular weight excluding hydrogens is 244 g/mol. The third kappa shape index (κ3) is 2.10. The van der Waals surface area contributed by atoms with Crippen molar-refractivity contribution in [1.82, 2.24) is 4.37 Å². The highest BCUT2D eigenvalue weighted by atomic mass is 32.1. The number of aromatic hydroxyl groups is 1. The van der Waals surface area contributed by atoms with Crippen molar-refractivity contribution in [3.8, 4) is 5.75 Å². The van der Waals surface area contributed by atoms with Gasteiger partial charge in [0.2, 0.25) is 0 Å². The Labute approximate surface area is 108 Å². The molecule has 0 amide bonds. The standard InChI is InChI=1S/C14H10N2OS/c17-11-5-3-4-10(8-11)9-15-14-12-6-1-2-7-13(12)16-18-14/h1-9,17H/b15-9+. The number of benzene rings is 2. The zero-order chi connectivity index (χ0) is 12.4. The van der Waals surface area contributed by atoms with Crippen LogP contribution in [0.1, 0.15) is 5.56 Å². The second-order valence-corrected chi connectivity index (χ2v) is 4.61. The molecule has 18 heavy (non-hydrogen) atoms. The number of aliphatic imine (C=N–C) groups is 1. The summed E-state index contributed by atoms with van der Waals surface area (Å²) in [5.74, 6) is 0.244. The van der Waals surface area contributed by atoms with Crippen LogP contribution in [0.15, 0.2) is 53.5 Å². The van der Waals surface area contributed by atoms with Crippen LogP contribution in [0.4, 0.5) is 5.00 Å². The highest BCUT2D eigenvalue weighted by Crippen LogP contribution is 2.29. The lowest BCUT2D eigenvalue weighted by Crippen LogP contribution is -1.78. The van der Waals surface area contributed by atoms with E-state index in [1.807, 2.05) is 30.3 Å². The van der Waals surface area contributed by atoms with Crippen LogP contribution in [0.3, 0.4) is 0 Å². The monoisotopic (exact) mass is 254 g/mol. The smallest absolute Gasteiger partial charge is 0.143 e. The van der Waals surface area contributed by atoms with Gasteiger partial charge in [0.05, 0.1) is 5.52 Å². The molecule has 0 spiro atoms. The Hall–Kier alpha value is -2.20. The molecule has 0 unspecified atom stereocenters. The molecule has 0 radical (unpaired) electrons. The SMILES string of the molecule is Oc1cccc(/C=N/c2snc3ccccc23)c1. The minimum absolute atomic E-state index is 0.244. The van der Waals surface area contributed by atoms with E-state index in [0.29, 0.717) is 0 Å². The number of nitrogens with zero attached hydrogens (tertiary/aromatic N) is 2. The van der Waals surface area contributed by atoms with Crippen LogP contribution < -0.4 is 0 Å². The predicted octanol–water partition coefficient (Wildman–Crippen LogP) is 3.75. The summed E-state index contributed by atoms with van der Waals surface area (Å²) in [4.78, 5) is 4.43. The van der Waals surface area contributed by atoms with Crippen LogP contribution in [0, 0.1) is 0 Å². The summed E-state index contributed by atoms with van der Waals surface area (Å²) < 4.78 is 4.33. The van der Waals surface area contributed by atoms with Crippen molar-refractivity contribution in [2.75, 3.05) is 0 Å². The summed E-state index contributed by atoms with van der Waals surface area (Å²) in [6.07, 6.45) is 1.74. The maximum absolute atomic E-state index is 9.37. The van der Waals surface area contributed by atoms with E-state index < -0.39 is 0 Å². The van der Waals surface area contributed by atoms with Gasteiger partial charge in [-0.1, -0.05) is 24.3 Å². The van der Waals surface area contributed by atoms with Crippen molar-refractivity contribution >= 4 is 33.7 Å². The molecule has 0 aliphatic rings. The summed E-state index contributed by atoms with van der Waals surface area (Å²) in [5, 5.41) is 11.3. The van der Waals surface area contributed by atoms with Crippen LogP contribution in [-0.2, 0) is 0 Å². The second kappa shape index (κ2) is 4.58. The molecule has 2 aromatic carbocycles. The van der Waals surface area contributed by atoms with Gasteiger partial charge in [0.1, 0.15) is 10.8 Å². The van der Waals surface area contributed by atoms with Crippen LogP contribution in [0.25, 0.3) is 10.9 Å². The van der Waals surface area contributed by atoms with Gasteiger partial charge in [0.25, 0.3) is 0 Å². The first-order chi connectivity index (χ1) is 8.83. The Morgan fingerprint density at radius 2 is 2.00 bits per heavy atom. The first kappa shape index (κ1) is 10.9. The third-order valence-electron chi connectivity index (χ3n) is 2.57. The van der Waals surface area contributed by atoms with Gasteiger partial charge in [-0.2, -0.15) is 4.37 Å². The summed E-state index contributed by atoms with van der Waals surface area (Å²) in [6.45, 7) is 0. The Morgan fingerprint density at radius 1 is 1.11 bits per heavy atom. The molecule has 0 saturated carbocycles. The maximum atomic E-state index is 9.37. The maximum Gasteiger partial charge on any atom is 0.143 e. The molecule has 0 saturated heterocycles. The fraction of sp³-hybridized carbons (Fsp3) is 0. The summed E-state index contributed by atoms with van der Waals surface area (Å²) in [6, 6.07) is 14.9. The zero-order valence-corrected chi connectivity index (χ0v) is 10.3. The zero-order valence-electron chi connectivity index (χ0n) is 9.45. The topological polar surface area (TPSA) is 45.5 Å². The van der Waals surface area contributed by atoms with Gasteiger partial charge in [-0.05, 0) is 41.4 Å². The number of phenols is 1. The molecule has 88 valence electrons. The summed E-state index contributed by atoms with van der Waals surface area (Å²) in [5.41, 5.74) is 1.83. The van der Waals surface area contributed by atoms with E-state index in [0.717, 1.165) is 21.5 Å². The Morgan fingerprint density at radius 3 is 2.89 bits per heavy atom. The average molecular weight is 254 g/mol. The lowest BCUT2D eigenvalue weighted by Gasteiger charge is -1.94. The van der Waals surface area contributed by atoms with Gasteiger partial charge >= 0.3 is 0 Å². The minimum Gasteiger partial charge on any atom is -0.508 e. The molecule has 0 aliphatic carbocycles. The van der Waals surface area contributed by atoms with Crippen molar-refractivity contribution in [2.24, 2.45) is 4.99 Å². The van der Waals surface area contributed by atoms with Gasteiger partial charge in [-0.15, -0.1) is 0 Å². The number of aromatic nitrogens is 1. The third-order valence-corrected chi connectivity index (χ3v) is 3.35. The molecule has 3 rings (SSSR count). The van der Waals surface area contributed by atoms with Crippen LogP contribution in [-0.4, -0.2) is 15.7 Å². The van der Waals surface area contributed by atoms with Crippen molar-refractivity contribution < 1.29 is 5.11 Å². The number of hydrogen-bond donors (Lipinski definition) is 1. The van der Waals surface area contributed by atoms with E-state index in [4.69, 9.17) is 0 Å². The number of rotatable bonds is 2. The van der Waals surface area contributed by atoms with Gasteiger partial charge in [0, 0.05) is 11.6 Å². The molecule has 3 nitrogen and oxygen atoms in total. The van der Waals surface area contributed by atoms with Crippen LogP contribution in [0.2, 0.25) is 0 Å². The van der Waals surface area contributed by atoms with E-state index in [1.54, 1.807) is 24.4 Å². The van der Waals surface area contributed by atoms with E-state index in [2.05, 4.69) is 9.37 Å². The number of phenolic OH excluding ortho intramolecular Hbond substituents is 1. The fourth-order valence-electron chi connectivity index (χ4n) is 1.71. The molecule has 1 heterocycles. The quantitative estimate of drug-likeness (QED) is 0.708. The van der Waals surface area contributed by atoms with E-state index in [-0.39, 0.29) is 5.75 Å². The van der Waals surface area contributed by atoms with Crippen LogP contribution >= 0.6 is 11.5 Å². The molecular formula is C14H10N2OS. The summed E-state index contributed by atoms with van der Waals surface area (Å²) >= 11 is 1.38. The lowest BCUT2D eigenvalue weighted by atomic mass is 10.2. The van der Waals surface area contributed by atoms with Crippen molar-refractivity contribution in [2.45, 2.75) is 0 Å². The largest absolute Gasteiger partial charge is 0.508 e. The summed E-state index contributed by atoms with van der Waals surface area (Å²) in [7, 11) is 0. The number of fused-ring (bicyclic) bond motifs is 1. The highest BCUT2D eigenvalue weighted by molar-refractivity contribution is 7.11. The van der Waals surface area contributed by atoms with Gasteiger partial charge in [-0.25, -0.2) is 4.99 Å². The first-order valence-electron chi connectivity index (χ1n) is 5.50. The Balaban J connectivity index is 1.97. The molecule has 3 aromatic rings. The average Bonchev–Trinajstić information content (AvgIpc) is 2.80. The Bertz CT molecular complexity index is 718. The van der Waals surface area contributed by atoms with Gasteiger partial charge in [0.15, 0.2) is 0 Å². The van der Waals surface area contributed by atoms with E-state index in [1.165, 1.54) is 11.5 Å². The molecule has 0 fully saturated rings. The normalized spacial score (nSPS) is 11.3. The minimum atomic E-state index is 0.244. The van der Waals surface area contributed by atoms with E-state index >= 15 is 0 Å². The molecule has 0 bridgehead atoms. The molecule has 0 aliphatic heterocycles. The van der Waals surface area contributed by atoms with Gasteiger partial charge < -0.3 is 5.11 Å². The lowest BCUT2D eigenvalue weighted by molar-refractivity contribution is 0.475. The fourth-order valence-corrected chi connectivity index (χ4v) is 2.42. The number of hydrogen-bond acceptors (Lipinski definition) is 4.